The van der Waals surface area contributed by atoms with E-state index in [9.17, 15) is 4.79 Å². The van der Waals surface area contributed by atoms with Crippen molar-refractivity contribution in [2.75, 3.05) is 11.9 Å². The standard InChI is InChI=1S/C9H11N3O2/c10-9(11)6-1-3-7(4-2-6)12-5-8(13)14/h1-4,12H,5H2,(H3,10,11)(H,13,14). The molecule has 0 bridgehead atoms. The van der Waals surface area contributed by atoms with Crippen LogP contribution in [0.1, 0.15) is 5.56 Å². The molecule has 0 atom stereocenters. The van der Waals surface area contributed by atoms with Crippen molar-refractivity contribution in [3.05, 3.63) is 29.8 Å². The number of rotatable bonds is 4. The van der Waals surface area contributed by atoms with Gasteiger partial charge in [0.25, 0.3) is 0 Å². The van der Waals surface area contributed by atoms with Gasteiger partial charge in [0, 0.05) is 11.3 Å². The molecule has 5 heteroatoms. The van der Waals surface area contributed by atoms with Crippen molar-refractivity contribution >= 4 is 17.5 Å². The summed E-state index contributed by atoms with van der Waals surface area (Å²) in [6.45, 7) is -0.126. The third-order valence-corrected chi connectivity index (χ3v) is 1.64. The Balaban J connectivity index is 2.64. The van der Waals surface area contributed by atoms with E-state index >= 15 is 0 Å². The second-order valence-corrected chi connectivity index (χ2v) is 2.74. The third-order valence-electron chi connectivity index (χ3n) is 1.64. The molecule has 0 aromatic heterocycles. The van der Waals surface area contributed by atoms with E-state index in [0.717, 1.165) is 0 Å². The monoisotopic (exact) mass is 193 g/mol. The third kappa shape index (κ3) is 2.78. The van der Waals surface area contributed by atoms with Crippen LogP contribution in [0.2, 0.25) is 0 Å². The van der Waals surface area contributed by atoms with Crippen LogP contribution in [0.3, 0.4) is 0 Å². The van der Waals surface area contributed by atoms with Gasteiger partial charge in [0.1, 0.15) is 12.4 Å². The van der Waals surface area contributed by atoms with Gasteiger partial charge in [-0.25, -0.2) is 0 Å². The largest absolute Gasteiger partial charge is 0.480 e. The van der Waals surface area contributed by atoms with Crippen LogP contribution in [0.4, 0.5) is 5.69 Å². The zero-order valence-corrected chi connectivity index (χ0v) is 7.45. The van der Waals surface area contributed by atoms with Crippen LogP contribution < -0.4 is 11.1 Å². The lowest BCUT2D eigenvalue weighted by atomic mass is 10.2. The van der Waals surface area contributed by atoms with Crippen LogP contribution in [0.25, 0.3) is 0 Å². The Labute approximate surface area is 81.1 Å². The first-order valence-corrected chi connectivity index (χ1v) is 3.99. The van der Waals surface area contributed by atoms with Crippen molar-refractivity contribution in [2.24, 2.45) is 5.73 Å². The summed E-state index contributed by atoms with van der Waals surface area (Å²) >= 11 is 0. The summed E-state index contributed by atoms with van der Waals surface area (Å²) in [5.74, 6) is -0.921. The summed E-state index contributed by atoms with van der Waals surface area (Å²) in [4.78, 5) is 10.2. The number of carboxylic acids is 1. The molecule has 1 rings (SSSR count). The number of hydrogen-bond acceptors (Lipinski definition) is 3. The maximum atomic E-state index is 10.2. The van der Waals surface area contributed by atoms with Crippen LogP contribution in [0.5, 0.6) is 0 Å². The van der Waals surface area contributed by atoms with Gasteiger partial charge in [-0.05, 0) is 24.3 Å². The molecular formula is C9H11N3O2. The maximum Gasteiger partial charge on any atom is 0.322 e. The fraction of sp³-hybridized carbons (Fsp3) is 0.111. The average molecular weight is 193 g/mol. The number of anilines is 1. The summed E-state index contributed by atoms with van der Waals surface area (Å²) in [7, 11) is 0. The van der Waals surface area contributed by atoms with Crippen LogP contribution >= 0.6 is 0 Å². The maximum absolute atomic E-state index is 10.2. The number of amidine groups is 1. The van der Waals surface area contributed by atoms with E-state index in [2.05, 4.69) is 5.32 Å². The quantitative estimate of drug-likeness (QED) is 0.412. The molecule has 0 heterocycles. The summed E-state index contributed by atoms with van der Waals surface area (Å²) in [5.41, 5.74) is 6.56. The lowest BCUT2D eigenvalue weighted by Crippen LogP contribution is -2.13. The Bertz CT molecular complexity index is 346. The molecule has 0 spiro atoms. The van der Waals surface area contributed by atoms with Gasteiger partial charge in [0.2, 0.25) is 0 Å². The van der Waals surface area contributed by atoms with E-state index in [1.165, 1.54) is 0 Å². The molecule has 0 unspecified atom stereocenters. The van der Waals surface area contributed by atoms with E-state index in [0.29, 0.717) is 11.3 Å². The highest BCUT2D eigenvalue weighted by Gasteiger charge is 1.98. The van der Waals surface area contributed by atoms with Crippen molar-refractivity contribution in [3.63, 3.8) is 0 Å². The van der Waals surface area contributed by atoms with Crippen LogP contribution in [0.15, 0.2) is 24.3 Å². The number of nitrogen functional groups attached to an aromatic ring is 1. The molecule has 5 nitrogen and oxygen atoms in total. The van der Waals surface area contributed by atoms with Gasteiger partial charge in [-0.3, -0.25) is 10.2 Å². The van der Waals surface area contributed by atoms with Crippen LogP contribution in [0, 0.1) is 5.41 Å². The van der Waals surface area contributed by atoms with Crippen molar-refractivity contribution in [3.8, 4) is 0 Å². The number of carboxylic acid groups (broad SMARTS) is 1. The molecule has 0 saturated carbocycles. The van der Waals surface area contributed by atoms with Crippen LogP contribution in [-0.4, -0.2) is 23.5 Å². The second kappa shape index (κ2) is 4.27. The van der Waals surface area contributed by atoms with E-state index in [1.54, 1.807) is 24.3 Å². The Morgan fingerprint density at radius 1 is 1.43 bits per heavy atom. The summed E-state index contributed by atoms with van der Waals surface area (Å²) in [6.07, 6.45) is 0. The van der Waals surface area contributed by atoms with Crippen molar-refractivity contribution in [2.45, 2.75) is 0 Å². The average Bonchev–Trinajstić information content (AvgIpc) is 2.15. The highest BCUT2D eigenvalue weighted by Crippen LogP contribution is 2.08. The minimum Gasteiger partial charge on any atom is -0.480 e. The van der Waals surface area contributed by atoms with E-state index in [1.807, 2.05) is 0 Å². The Morgan fingerprint density at radius 2 is 2.00 bits per heavy atom. The molecule has 1 aromatic carbocycles. The molecule has 0 saturated heterocycles. The minimum absolute atomic E-state index is 0.00483. The normalized spacial score (nSPS) is 9.43. The fourth-order valence-electron chi connectivity index (χ4n) is 0.945. The molecule has 1 aromatic rings. The number of carbonyl (C=O) groups is 1. The molecule has 0 fully saturated rings. The zero-order chi connectivity index (χ0) is 10.6. The van der Waals surface area contributed by atoms with Crippen molar-refractivity contribution in [1.82, 2.24) is 0 Å². The highest BCUT2D eigenvalue weighted by molar-refractivity contribution is 5.95. The fourth-order valence-corrected chi connectivity index (χ4v) is 0.945. The Kier molecular flexibility index (Phi) is 3.06. The first-order valence-electron chi connectivity index (χ1n) is 3.99. The lowest BCUT2D eigenvalue weighted by Gasteiger charge is -2.03. The zero-order valence-electron chi connectivity index (χ0n) is 7.45. The van der Waals surface area contributed by atoms with Gasteiger partial charge < -0.3 is 16.2 Å². The minimum atomic E-state index is -0.916. The molecule has 0 aliphatic carbocycles. The molecule has 0 aliphatic heterocycles. The van der Waals surface area contributed by atoms with Crippen molar-refractivity contribution in [1.29, 1.82) is 5.41 Å². The smallest absolute Gasteiger partial charge is 0.322 e. The molecule has 0 radical (unpaired) electrons. The predicted molar refractivity (Wildman–Crippen MR) is 53.6 cm³/mol. The number of nitrogens with two attached hydrogens (primary N) is 1. The Hall–Kier alpha value is -2.04. The van der Waals surface area contributed by atoms with Gasteiger partial charge in [-0.2, -0.15) is 0 Å². The number of aliphatic carboxylic acids is 1. The summed E-state index contributed by atoms with van der Waals surface area (Å²) in [6, 6.07) is 6.68. The Morgan fingerprint density at radius 3 is 2.43 bits per heavy atom. The lowest BCUT2D eigenvalue weighted by molar-refractivity contribution is -0.134. The molecule has 0 aliphatic rings. The highest BCUT2D eigenvalue weighted by atomic mass is 16.4. The second-order valence-electron chi connectivity index (χ2n) is 2.74. The van der Waals surface area contributed by atoms with Gasteiger partial charge in [-0.1, -0.05) is 0 Å². The molecular weight excluding hydrogens is 182 g/mol. The molecule has 74 valence electrons. The molecule has 5 N–H and O–H groups in total. The van der Waals surface area contributed by atoms with E-state index < -0.39 is 5.97 Å². The van der Waals surface area contributed by atoms with Gasteiger partial charge in [0.15, 0.2) is 0 Å². The van der Waals surface area contributed by atoms with Gasteiger partial charge in [-0.15, -0.1) is 0 Å². The number of nitrogens with one attached hydrogen (secondary N) is 2. The topological polar surface area (TPSA) is 99.2 Å². The predicted octanol–water partition coefficient (Wildman–Crippen LogP) is 0.467. The number of hydrogen-bond donors (Lipinski definition) is 4. The van der Waals surface area contributed by atoms with E-state index in [-0.39, 0.29) is 12.4 Å². The van der Waals surface area contributed by atoms with Gasteiger partial charge >= 0.3 is 5.97 Å². The summed E-state index contributed by atoms with van der Waals surface area (Å²) in [5, 5.41) is 18.2. The SMILES string of the molecule is N=C(N)c1ccc(NCC(=O)O)cc1. The summed E-state index contributed by atoms with van der Waals surface area (Å²) < 4.78 is 0. The van der Waals surface area contributed by atoms with Crippen molar-refractivity contribution < 1.29 is 9.90 Å². The molecule has 0 amide bonds. The first-order chi connectivity index (χ1) is 6.59. The first kappa shape index (κ1) is 10.0. The number of benzene rings is 1. The van der Waals surface area contributed by atoms with E-state index in [4.69, 9.17) is 16.2 Å². The van der Waals surface area contributed by atoms with Crippen LogP contribution in [-0.2, 0) is 4.79 Å². The molecule has 14 heavy (non-hydrogen) atoms. The van der Waals surface area contributed by atoms with Gasteiger partial charge in [0.05, 0.1) is 0 Å².